The van der Waals surface area contributed by atoms with Crippen LogP contribution in [0.2, 0.25) is 0 Å². The predicted octanol–water partition coefficient (Wildman–Crippen LogP) is -4.22. The number of Topliss-reactive ketones (excluding diaryl/α,β-unsaturated/α-hetero) is 2. The minimum Gasteiger partial charge on any atom is -0.394 e. The number of aliphatic imine (C=N–C) groups is 1. The molecule has 3 aliphatic rings. The van der Waals surface area contributed by atoms with Gasteiger partial charge in [0.1, 0.15) is 18.3 Å². The van der Waals surface area contributed by atoms with Gasteiger partial charge in [-0.15, -0.1) is 0 Å². The van der Waals surface area contributed by atoms with E-state index in [1.54, 1.807) is 0 Å². The summed E-state index contributed by atoms with van der Waals surface area (Å²) in [4.78, 5) is 69.2. The molecule has 0 aliphatic carbocycles. The third-order valence-electron chi connectivity index (χ3n) is 5.85. The minimum atomic E-state index is -2.36. The number of amides is 3. The largest absolute Gasteiger partial charge is 0.394 e. The minimum absolute atomic E-state index is 0.650. The third-order valence-corrected chi connectivity index (χ3v) is 5.85. The highest BCUT2D eigenvalue weighted by molar-refractivity contribution is 6.16. The fourth-order valence-corrected chi connectivity index (χ4v) is 4.37. The molecular weight excluding hydrogens is 430 g/mol. The number of ketones is 2. The van der Waals surface area contributed by atoms with Crippen molar-refractivity contribution in [1.82, 2.24) is 20.4 Å². The van der Waals surface area contributed by atoms with Crippen LogP contribution in [0.1, 0.15) is 27.7 Å². The quantitative estimate of drug-likeness (QED) is 0.253. The fourth-order valence-electron chi connectivity index (χ4n) is 4.37. The lowest BCUT2D eigenvalue weighted by Gasteiger charge is -2.55. The van der Waals surface area contributed by atoms with Gasteiger partial charge in [-0.05, 0) is 6.92 Å². The number of fused-ring (bicyclic) bond motifs is 1. The summed E-state index contributed by atoms with van der Waals surface area (Å²) in [5.74, 6) is -6.66. The van der Waals surface area contributed by atoms with E-state index in [0.717, 1.165) is 43.8 Å². The molecule has 5 N–H and O–H groups in total. The molecule has 5 unspecified atom stereocenters. The van der Waals surface area contributed by atoms with E-state index in [1.165, 1.54) is 0 Å². The molecule has 3 aliphatic heterocycles. The van der Waals surface area contributed by atoms with Gasteiger partial charge in [0.2, 0.25) is 17.4 Å². The molecule has 3 rings (SSSR count). The van der Waals surface area contributed by atoms with E-state index < -0.39 is 77.9 Å². The molecule has 2 fully saturated rings. The van der Waals surface area contributed by atoms with Crippen molar-refractivity contribution in [3.05, 3.63) is 0 Å². The van der Waals surface area contributed by atoms with Crippen molar-refractivity contribution < 1.29 is 44.0 Å². The number of hydrogen-bond donors (Lipinski definition) is 5. The van der Waals surface area contributed by atoms with E-state index in [-0.39, 0.29) is 0 Å². The summed E-state index contributed by atoms with van der Waals surface area (Å²) in [6, 6.07) is 0. The van der Waals surface area contributed by atoms with E-state index in [1.807, 2.05) is 0 Å². The van der Waals surface area contributed by atoms with E-state index in [2.05, 4.69) is 15.6 Å². The van der Waals surface area contributed by atoms with Crippen LogP contribution in [0.4, 0.5) is 0 Å². The molecule has 3 heterocycles. The van der Waals surface area contributed by atoms with E-state index in [4.69, 9.17) is 4.74 Å². The first-order valence-electron chi connectivity index (χ1n) is 9.73. The molecule has 0 aromatic carbocycles. The summed E-state index contributed by atoms with van der Waals surface area (Å²) < 4.78 is 5.50. The maximum absolute atomic E-state index is 13.2. The second-order valence-corrected chi connectivity index (χ2v) is 7.91. The Morgan fingerprint density at radius 2 is 1.78 bits per heavy atom. The summed E-state index contributed by atoms with van der Waals surface area (Å²) in [5, 5.41) is 34.6. The smallest absolute Gasteiger partial charge is 0.263 e. The number of carbonyl (C=O) groups is 5. The van der Waals surface area contributed by atoms with Crippen molar-refractivity contribution in [3.63, 3.8) is 0 Å². The van der Waals surface area contributed by atoms with Crippen LogP contribution in [0.3, 0.4) is 0 Å². The van der Waals surface area contributed by atoms with Crippen molar-refractivity contribution in [2.24, 2.45) is 4.99 Å². The molecule has 0 saturated carbocycles. The lowest BCUT2D eigenvalue weighted by molar-refractivity contribution is -0.188. The Kier molecular flexibility index (Phi) is 5.84. The molecule has 0 bridgehead atoms. The Balaban J connectivity index is 2.21. The molecule has 0 spiro atoms. The average molecular weight is 455 g/mol. The van der Waals surface area contributed by atoms with Crippen LogP contribution in [0, 0.1) is 0 Å². The number of nitrogens with zero attached hydrogens (tertiary/aromatic N) is 3. The van der Waals surface area contributed by atoms with Gasteiger partial charge < -0.3 is 35.6 Å². The molecular formula is C18H25N5O9. The second-order valence-electron chi connectivity index (χ2n) is 7.91. The molecule has 14 nitrogen and oxygen atoms in total. The lowest BCUT2D eigenvalue weighted by atomic mass is 9.84. The highest BCUT2D eigenvalue weighted by Gasteiger charge is 2.70. The Labute approximate surface area is 182 Å². The van der Waals surface area contributed by atoms with Gasteiger partial charge >= 0.3 is 0 Å². The Hall–Kier alpha value is -2.94. The molecule has 32 heavy (non-hydrogen) atoms. The van der Waals surface area contributed by atoms with Gasteiger partial charge in [-0.3, -0.25) is 28.9 Å². The Bertz CT molecular complexity index is 909. The topological polar surface area (TPSA) is 198 Å². The van der Waals surface area contributed by atoms with Crippen LogP contribution >= 0.6 is 0 Å². The van der Waals surface area contributed by atoms with Crippen molar-refractivity contribution in [2.45, 2.75) is 69.7 Å². The summed E-state index contributed by atoms with van der Waals surface area (Å²) in [6.45, 7) is 3.55. The molecule has 2 saturated heterocycles. The maximum Gasteiger partial charge on any atom is 0.263 e. The molecule has 176 valence electrons. The Morgan fingerprint density at radius 3 is 2.22 bits per heavy atom. The van der Waals surface area contributed by atoms with Crippen LogP contribution in [-0.2, 0) is 28.7 Å². The van der Waals surface area contributed by atoms with Gasteiger partial charge in [0.15, 0.2) is 24.0 Å². The first-order chi connectivity index (χ1) is 14.8. The summed E-state index contributed by atoms with van der Waals surface area (Å²) in [5.41, 5.74) is -2.26. The maximum atomic E-state index is 13.2. The van der Waals surface area contributed by atoms with Gasteiger partial charge in [0.05, 0.1) is 12.9 Å². The van der Waals surface area contributed by atoms with Crippen molar-refractivity contribution in [1.29, 1.82) is 0 Å². The summed E-state index contributed by atoms with van der Waals surface area (Å²) in [7, 11) is 0. The van der Waals surface area contributed by atoms with Crippen molar-refractivity contribution in [2.75, 3.05) is 6.61 Å². The average Bonchev–Trinajstić information content (AvgIpc) is 3.20. The van der Waals surface area contributed by atoms with E-state index in [9.17, 15) is 39.3 Å². The van der Waals surface area contributed by atoms with Crippen molar-refractivity contribution in [3.8, 4) is 0 Å². The zero-order chi connectivity index (χ0) is 24.2. The molecule has 3 amide bonds. The highest BCUT2D eigenvalue weighted by Crippen LogP contribution is 2.40. The van der Waals surface area contributed by atoms with Crippen LogP contribution in [0.5, 0.6) is 0 Å². The first-order valence-corrected chi connectivity index (χ1v) is 9.73. The zero-order valence-electron chi connectivity index (χ0n) is 17.8. The lowest BCUT2D eigenvalue weighted by Crippen LogP contribution is -2.87. The van der Waals surface area contributed by atoms with Crippen LogP contribution in [0.25, 0.3) is 0 Å². The van der Waals surface area contributed by atoms with Gasteiger partial charge in [0, 0.05) is 20.8 Å². The monoisotopic (exact) mass is 455 g/mol. The molecule has 14 heteroatoms. The van der Waals surface area contributed by atoms with Gasteiger partial charge in [0.25, 0.3) is 11.7 Å². The van der Waals surface area contributed by atoms with Gasteiger partial charge in [-0.2, -0.15) is 0 Å². The van der Waals surface area contributed by atoms with E-state index in [0.29, 0.717) is 0 Å². The van der Waals surface area contributed by atoms with Gasteiger partial charge in [-0.1, -0.05) is 0 Å². The number of aliphatic hydroxyl groups excluding tert-OH is 3. The number of aliphatic hydroxyl groups is 3. The predicted molar refractivity (Wildman–Crippen MR) is 103 cm³/mol. The number of ether oxygens (including phenoxy) is 1. The standard InChI is InChI=1S/C18H25N5O9/c1-7(25)17-15(31)21-18(8(2)26,20-9(3)27)23(10(4)28)16(17)22(6-19-17)14-13(30)12(29)11(5-24)32-14/h6,11-14,16,24,29-30H,5H2,1-4H3,(H,20,27)(H,21,31)/t11-,12?,13?,14-,16?,17?,18?/m1/s1. The summed E-state index contributed by atoms with van der Waals surface area (Å²) in [6.07, 6.45) is -6.47. The van der Waals surface area contributed by atoms with E-state index >= 15 is 0 Å². The van der Waals surface area contributed by atoms with Crippen LogP contribution < -0.4 is 10.6 Å². The third kappa shape index (κ3) is 3.09. The van der Waals surface area contributed by atoms with Crippen molar-refractivity contribution >= 4 is 35.6 Å². The fraction of sp³-hybridized carbons (Fsp3) is 0.667. The number of nitrogens with one attached hydrogen (secondary N) is 2. The highest BCUT2D eigenvalue weighted by atomic mass is 16.6. The van der Waals surface area contributed by atoms with Gasteiger partial charge in [-0.25, -0.2) is 4.99 Å². The normalized spacial score (nSPS) is 38.3. The molecule has 0 aromatic rings. The second kappa shape index (κ2) is 7.88. The Morgan fingerprint density at radius 1 is 1.16 bits per heavy atom. The molecule has 0 radical (unpaired) electrons. The number of carbonyl (C=O) groups excluding carboxylic acids is 5. The zero-order valence-corrected chi connectivity index (χ0v) is 17.8. The van der Waals surface area contributed by atoms with Crippen LogP contribution in [-0.4, -0.2) is 109 Å². The molecule has 0 aromatic heterocycles. The SMILES string of the molecule is CC(=O)NC1(C(C)=O)NC(=O)C2(C(C)=O)N=CN([C@@H]3O[C@H](CO)C(O)C3O)C2N1C(C)=O. The first kappa shape index (κ1) is 23.7. The van der Waals surface area contributed by atoms with Crippen LogP contribution in [0.15, 0.2) is 4.99 Å². The summed E-state index contributed by atoms with van der Waals surface area (Å²) >= 11 is 0. The number of hydrogen-bond acceptors (Lipinski definition) is 11. The molecule has 7 atom stereocenters. The number of rotatable bonds is 5.